The molecule has 1 aliphatic heterocycles. The lowest BCUT2D eigenvalue weighted by Crippen LogP contribution is -2.35. The number of rotatable bonds is 5. The van der Waals surface area contributed by atoms with Gasteiger partial charge in [0.2, 0.25) is 0 Å². The zero-order chi connectivity index (χ0) is 21.0. The Balaban J connectivity index is 1.66. The number of aromatic nitrogens is 1. The molecule has 2 aromatic rings. The van der Waals surface area contributed by atoms with Crippen LogP contribution < -0.4 is 15.8 Å². The monoisotopic (exact) mass is 419 g/mol. The number of likely N-dealkylation sites (tertiary alicyclic amines) is 1. The van der Waals surface area contributed by atoms with Gasteiger partial charge in [-0.1, -0.05) is 12.8 Å². The Kier molecular flexibility index (Phi) is 6.12. The highest BCUT2D eigenvalue weighted by atomic mass is 32.2. The summed E-state index contributed by atoms with van der Waals surface area (Å²) in [4.78, 5) is 25.4. The van der Waals surface area contributed by atoms with Crippen molar-refractivity contribution in [2.24, 2.45) is 12.8 Å². The molecule has 1 aromatic heterocycles. The second-order valence-electron chi connectivity index (χ2n) is 7.05. The molecule has 0 unspecified atom stereocenters. The van der Waals surface area contributed by atoms with Gasteiger partial charge in [0.25, 0.3) is 15.9 Å². The van der Waals surface area contributed by atoms with Gasteiger partial charge in [0, 0.05) is 37.7 Å². The second kappa shape index (κ2) is 8.56. The Morgan fingerprint density at radius 2 is 1.59 bits per heavy atom. The molecule has 1 aromatic carbocycles. The summed E-state index contributed by atoms with van der Waals surface area (Å²) >= 11 is 0. The maximum absolute atomic E-state index is 12.5. The Bertz CT molecular complexity index is 990. The number of nitrogens with two attached hydrogens (primary N) is 1. The van der Waals surface area contributed by atoms with Gasteiger partial charge in [-0.2, -0.15) is 0 Å². The van der Waals surface area contributed by atoms with Crippen LogP contribution in [0, 0.1) is 0 Å². The number of sulfonamides is 1. The molecule has 0 bridgehead atoms. The molecule has 10 heteroatoms. The van der Waals surface area contributed by atoms with Crippen LogP contribution in [-0.4, -0.2) is 42.9 Å². The van der Waals surface area contributed by atoms with Gasteiger partial charge < -0.3 is 20.5 Å². The lowest BCUT2D eigenvalue weighted by molar-refractivity contribution is 0.0992. The van der Waals surface area contributed by atoms with Crippen LogP contribution in [0.2, 0.25) is 0 Å². The third-order valence-electron chi connectivity index (χ3n) is 4.82. The summed E-state index contributed by atoms with van der Waals surface area (Å²) in [6, 6.07) is 7.46. The molecule has 29 heavy (non-hydrogen) atoms. The first-order valence-corrected chi connectivity index (χ1v) is 10.9. The number of nitrogens with zero attached hydrogens (tertiary/aromatic N) is 2. The van der Waals surface area contributed by atoms with Crippen molar-refractivity contribution in [3.05, 3.63) is 42.2 Å². The van der Waals surface area contributed by atoms with Gasteiger partial charge in [-0.15, -0.1) is 0 Å². The molecule has 3 rings (SSSR count). The Morgan fingerprint density at radius 3 is 2.14 bits per heavy atom. The van der Waals surface area contributed by atoms with Crippen molar-refractivity contribution >= 4 is 33.3 Å². The van der Waals surface area contributed by atoms with Gasteiger partial charge in [0.1, 0.15) is 10.6 Å². The van der Waals surface area contributed by atoms with E-state index in [4.69, 9.17) is 5.73 Å². The number of hydrogen-bond acceptors (Lipinski definition) is 4. The maximum atomic E-state index is 12.5. The molecule has 3 amide bonds. The number of anilines is 2. The Hall–Kier alpha value is -3.01. The van der Waals surface area contributed by atoms with E-state index in [1.807, 2.05) is 0 Å². The highest BCUT2D eigenvalue weighted by molar-refractivity contribution is 7.92. The molecule has 1 aliphatic rings. The van der Waals surface area contributed by atoms with Crippen molar-refractivity contribution < 1.29 is 18.0 Å². The smallest absolute Gasteiger partial charge is 0.321 e. The quantitative estimate of drug-likeness (QED) is 0.687. The van der Waals surface area contributed by atoms with Crippen molar-refractivity contribution in [1.82, 2.24) is 9.47 Å². The van der Waals surface area contributed by atoms with E-state index < -0.39 is 15.9 Å². The number of urea groups is 1. The first-order chi connectivity index (χ1) is 13.8. The standard InChI is InChI=1S/C19H25N5O4S/c1-23-13-16(12-17(23)18(20)25)29(27,28)22-15-8-6-14(7-9-15)21-19(26)24-10-4-2-3-5-11-24/h6-9,12-13,22H,2-5,10-11H2,1H3,(H2,20,25)(H,21,26). The molecule has 0 atom stereocenters. The van der Waals surface area contributed by atoms with Crippen molar-refractivity contribution in [1.29, 1.82) is 0 Å². The van der Waals surface area contributed by atoms with Gasteiger partial charge in [-0.25, -0.2) is 13.2 Å². The summed E-state index contributed by atoms with van der Waals surface area (Å²) < 4.78 is 28.9. The summed E-state index contributed by atoms with van der Waals surface area (Å²) in [5.74, 6) is -0.710. The molecule has 0 radical (unpaired) electrons. The molecule has 4 N–H and O–H groups in total. The SMILES string of the molecule is Cn1cc(S(=O)(=O)Nc2ccc(NC(=O)N3CCCCCC3)cc2)cc1C(N)=O. The predicted molar refractivity (Wildman–Crippen MR) is 110 cm³/mol. The van der Waals surface area contributed by atoms with Crippen LogP contribution >= 0.6 is 0 Å². The average molecular weight is 420 g/mol. The number of benzene rings is 1. The number of aryl methyl sites for hydroxylation is 1. The van der Waals surface area contributed by atoms with Crippen LogP contribution in [0.1, 0.15) is 36.2 Å². The molecule has 2 heterocycles. The van der Waals surface area contributed by atoms with E-state index in [0.717, 1.165) is 38.8 Å². The van der Waals surface area contributed by atoms with Crippen LogP contribution in [0.3, 0.4) is 0 Å². The molecule has 156 valence electrons. The molecule has 1 saturated heterocycles. The molecule has 0 spiro atoms. The minimum Gasteiger partial charge on any atom is -0.364 e. The van der Waals surface area contributed by atoms with E-state index in [1.54, 1.807) is 36.2 Å². The van der Waals surface area contributed by atoms with E-state index in [1.165, 1.54) is 16.8 Å². The fourth-order valence-electron chi connectivity index (χ4n) is 3.24. The fourth-order valence-corrected chi connectivity index (χ4v) is 4.37. The summed E-state index contributed by atoms with van der Waals surface area (Å²) in [5, 5.41) is 2.84. The van der Waals surface area contributed by atoms with E-state index in [0.29, 0.717) is 11.4 Å². The van der Waals surface area contributed by atoms with Gasteiger partial charge >= 0.3 is 6.03 Å². The van der Waals surface area contributed by atoms with Crippen molar-refractivity contribution in [2.45, 2.75) is 30.6 Å². The Labute approximate surface area is 169 Å². The minimum atomic E-state index is -3.88. The number of primary amides is 1. The third kappa shape index (κ3) is 5.08. The lowest BCUT2D eigenvalue weighted by Gasteiger charge is -2.20. The summed E-state index contributed by atoms with van der Waals surface area (Å²) in [7, 11) is -2.34. The third-order valence-corrected chi connectivity index (χ3v) is 6.17. The predicted octanol–water partition coefficient (Wildman–Crippen LogP) is 2.33. The first-order valence-electron chi connectivity index (χ1n) is 9.41. The number of amides is 3. The average Bonchev–Trinajstić information content (AvgIpc) is 2.89. The summed E-state index contributed by atoms with van der Waals surface area (Å²) in [6.45, 7) is 1.49. The van der Waals surface area contributed by atoms with Crippen LogP contribution in [0.25, 0.3) is 0 Å². The molecule has 0 saturated carbocycles. The van der Waals surface area contributed by atoms with Crippen molar-refractivity contribution in [2.75, 3.05) is 23.1 Å². The molecule has 1 fully saturated rings. The molecular weight excluding hydrogens is 394 g/mol. The minimum absolute atomic E-state index is 0.0626. The lowest BCUT2D eigenvalue weighted by atomic mass is 10.2. The van der Waals surface area contributed by atoms with Gasteiger partial charge in [0.05, 0.1) is 0 Å². The van der Waals surface area contributed by atoms with Crippen LogP contribution in [0.4, 0.5) is 16.2 Å². The second-order valence-corrected chi connectivity index (χ2v) is 8.73. The topological polar surface area (TPSA) is 127 Å². The van der Waals surface area contributed by atoms with E-state index in [9.17, 15) is 18.0 Å². The van der Waals surface area contributed by atoms with E-state index in [-0.39, 0.29) is 16.6 Å². The fraction of sp³-hybridized carbons (Fsp3) is 0.368. The number of carbonyl (C=O) groups excluding carboxylic acids is 2. The molecule has 9 nitrogen and oxygen atoms in total. The molecule has 0 aliphatic carbocycles. The maximum Gasteiger partial charge on any atom is 0.321 e. The van der Waals surface area contributed by atoms with Crippen LogP contribution in [-0.2, 0) is 17.1 Å². The van der Waals surface area contributed by atoms with Crippen LogP contribution in [0.15, 0.2) is 41.4 Å². The summed E-state index contributed by atoms with van der Waals surface area (Å²) in [5.41, 5.74) is 6.24. The van der Waals surface area contributed by atoms with E-state index >= 15 is 0 Å². The number of carbonyl (C=O) groups is 2. The van der Waals surface area contributed by atoms with E-state index in [2.05, 4.69) is 10.0 Å². The van der Waals surface area contributed by atoms with Crippen molar-refractivity contribution in [3.63, 3.8) is 0 Å². The highest BCUT2D eigenvalue weighted by Crippen LogP contribution is 2.20. The van der Waals surface area contributed by atoms with Crippen LogP contribution in [0.5, 0.6) is 0 Å². The highest BCUT2D eigenvalue weighted by Gasteiger charge is 2.20. The normalized spacial score (nSPS) is 14.9. The number of hydrogen-bond donors (Lipinski definition) is 3. The van der Waals surface area contributed by atoms with Gasteiger partial charge in [-0.05, 0) is 43.2 Å². The first kappa shape index (κ1) is 20.7. The summed E-state index contributed by atoms with van der Waals surface area (Å²) in [6.07, 6.45) is 5.61. The largest absolute Gasteiger partial charge is 0.364 e. The van der Waals surface area contributed by atoms with Gasteiger partial charge in [-0.3, -0.25) is 9.52 Å². The zero-order valence-electron chi connectivity index (χ0n) is 16.2. The zero-order valence-corrected chi connectivity index (χ0v) is 17.0. The van der Waals surface area contributed by atoms with Crippen molar-refractivity contribution in [3.8, 4) is 0 Å². The van der Waals surface area contributed by atoms with Gasteiger partial charge in [0.15, 0.2) is 0 Å². The number of nitrogens with one attached hydrogen (secondary N) is 2. The molecular formula is C19H25N5O4S. The Morgan fingerprint density at radius 1 is 1.00 bits per heavy atom.